The minimum Gasteiger partial charge on any atom is -0.462 e. The highest BCUT2D eigenvalue weighted by Gasteiger charge is 2.24. The molecule has 1 aromatic heterocycles. The fourth-order valence-corrected chi connectivity index (χ4v) is 2.99. The molecule has 1 heterocycles. The van der Waals surface area contributed by atoms with Crippen molar-refractivity contribution in [3.63, 3.8) is 0 Å². The number of nitrogens with zero attached hydrogens (tertiary/aromatic N) is 1. The van der Waals surface area contributed by atoms with E-state index >= 15 is 0 Å². The average molecular weight is 387 g/mol. The lowest BCUT2D eigenvalue weighted by molar-refractivity contribution is 0.0524. The normalized spacial score (nSPS) is 11.7. The van der Waals surface area contributed by atoms with E-state index in [0.29, 0.717) is 17.3 Å². The van der Waals surface area contributed by atoms with Crippen LogP contribution < -0.4 is 5.43 Å². The van der Waals surface area contributed by atoms with E-state index < -0.39 is 45.3 Å². The van der Waals surface area contributed by atoms with E-state index in [2.05, 4.69) is 0 Å². The van der Waals surface area contributed by atoms with Crippen molar-refractivity contribution in [3.8, 4) is 0 Å². The molecule has 0 saturated heterocycles. The molecule has 4 nitrogen and oxygen atoms in total. The monoisotopic (exact) mass is 387 g/mol. The smallest absolute Gasteiger partial charge is 0.343 e. The Morgan fingerprint density at radius 1 is 1.14 bits per heavy atom. The quantitative estimate of drug-likeness (QED) is 0.489. The summed E-state index contributed by atoms with van der Waals surface area (Å²) < 4.78 is 48.5. The molecule has 0 aliphatic rings. The molecule has 0 radical (unpaired) electrons. The van der Waals surface area contributed by atoms with Crippen LogP contribution in [0.15, 0.2) is 53.5 Å². The summed E-state index contributed by atoms with van der Waals surface area (Å²) in [5.74, 6) is -5.67. The number of allylic oxidation sites excluding steroid dienone is 1. The van der Waals surface area contributed by atoms with Gasteiger partial charge >= 0.3 is 5.97 Å². The summed E-state index contributed by atoms with van der Waals surface area (Å²) >= 11 is 0. The Labute approximate surface area is 158 Å². The molecule has 0 saturated carbocycles. The van der Waals surface area contributed by atoms with Gasteiger partial charge in [0.1, 0.15) is 5.56 Å². The third-order valence-electron chi connectivity index (χ3n) is 4.22. The fourth-order valence-electron chi connectivity index (χ4n) is 2.99. The lowest BCUT2D eigenvalue weighted by atomic mass is 10.1. The molecule has 0 N–H and O–H groups in total. The molecule has 0 aliphatic heterocycles. The Kier molecular flexibility index (Phi) is 5.35. The van der Waals surface area contributed by atoms with Gasteiger partial charge in [0.05, 0.1) is 17.5 Å². The van der Waals surface area contributed by atoms with Gasteiger partial charge in [-0.2, -0.15) is 0 Å². The summed E-state index contributed by atoms with van der Waals surface area (Å²) in [6.07, 6.45) is 2.69. The number of aromatic nitrogens is 1. The minimum absolute atomic E-state index is 0.0115. The van der Waals surface area contributed by atoms with E-state index in [0.717, 1.165) is 10.8 Å². The van der Waals surface area contributed by atoms with Crippen LogP contribution in [0.5, 0.6) is 0 Å². The second kappa shape index (κ2) is 7.72. The number of benzene rings is 2. The van der Waals surface area contributed by atoms with Crippen molar-refractivity contribution in [2.24, 2.45) is 0 Å². The maximum Gasteiger partial charge on any atom is 0.343 e. The third-order valence-corrected chi connectivity index (χ3v) is 4.22. The first kappa shape index (κ1) is 19.4. The van der Waals surface area contributed by atoms with E-state index in [1.807, 2.05) is 0 Å². The molecule has 3 rings (SSSR count). The molecule has 28 heavy (non-hydrogen) atoms. The van der Waals surface area contributed by atoms with E-state index in [9.17, 15) is 22.8 Å². The van der Waals surface area contributed by atoms with Crippen molar-refractivity contribution < 1.29 is 22.7 Å². The van der Waals surface area contributed by atoms with Crippen LogP contribution in [-0.4, -0.2) is 17.1 Å². The van der Waals surface area contributed by atoms with Gasteiger partial charge in [-0.15, -0.1) is 0 Å². The van der Waals surface area contributed by atoms with Crippen molar-refractivity contribution in [2.75, 3.05) is 6.61 Å². The van der Waals surface area contributed by atoms with Gasteiger partial charge in [0, 0.05) is 11.9 Å². The zero-order valence-electron chi connectivity index (χ0n) is 15.1. The largest absolute Gasteiger partial charge is 0.462 e. The SMILES string of the molecule is C/C=C(\c1ccccc1)n1cc(C(=O)OCC)c(=O)c2cc(F)c(F)c(F)c21. The molecular weight excluding hydrogens is 371 g/mol. The van der Waals surface area contributed by atoms with E-state index in [-0.39, 0.29) is 6.61 Å². The highest BCUT2D eigenvalue weighted by molar-refractivity contribution is 5.95. The highest BCUT2D eigenvalue weighted by atomic mass is 19.2. The van der Waals surface area contributed by atoms with Crippen LogP contribution >= 0.6 is 0 Å². The number of ether oxygens (including phenoxy) is 1. The number of hydrogen-bond donors (Lipinski definition) is 0. The first-order valence-electron chi connectivity index (χ1n) is 8.52. The molecule has 3 aromatic rings. The van der Waals surface area contributed by atoms with E-state index in [1.165, 1.54) is 0 Å². The Morgan fingerprint density at radius 2 is 1.82 bits per heavy atom. The first-order valence-corrected chi connectivity index (χ1v) is 8.52. The second-order valence-electron chi connectivity index (χ2n) is 5.88. The Hall–Kier alpha value is -3.35. The molecule has 0 spiro atoms. The summed E-state index contributed by atoms with van der Waals surface area (Å²) in [5, 5.41) is -0.461. The van der Waals surface area contributed by atoms with Gasteiger partial charge in [-0.1, -0.05) is 36.4 Å². The fraction of sp³-hybridized carbons (Fsp3) is 0.143. The van der Waals surface area contributed by atoms with Crippen LogP contribution in [0.2, 0.25) is 0 Å². The molecule has 2 aromatic carbocycles. The molecule has 0 unspecified atom stereocenters. The molecule has 0 amide bonds. The maximum atomic E-state index is 14.7. The van der Waals surface area contributed by atoms with Crippen LogP contribution in [0.1, 0.15) is 29.8 Å². The Balaban J connectivity index is 2.47. The van der Waals surface area contributed by atoms with E-state index in [4.69, 9.17) is 4.74 Å². The molecule has 0 bridgehead atoms. The van der Waals surface area contributed by atoms with Gasteiger partial charge in [-0.25, -0.2) is 18.0 Å². The molecule has 0 aliphatic carbocycles. The number of pyridine rings is 1. The van der Waals surface area contributed by atoms with Gasteiger partial charge in [0.25, 0.3) is 0 Å². The van der Waals surface area contributed by atoms with Crippen LogP contribution in [-0.2, 0) is 4.74 Å². The predicted molar refractivity (Wildman–Crippen MR) is 99.5 cm³/mol. The van der Waals surface area contributed by atoms with Gasteiger partial charge in [0.2, 0.25) is 5.43 Å². The number of fused-ring (bicyclic) bond motifs is 1. The second-order valence-corrected chi connectivity index (χ2v) is 5.88. The van der Waals surface area contributed by atoms with E-state index in [1.54, 1.807) is 50.3 Å². The van der Waals surface area contributed by atoms with Crippen molar-refractivity contribution in [3.05, 3.63) is 87.5 Å². The maximum absolute atomic E-state index is 14.7. The molecule has 7 heteroatoms. The van der Waals surface area contributed by atoms with Crippen molar-refractivity contribution in [2.45, 2.75) is 13.8 Å². The number of carbonyl (C=O) groups is 1. The predicted octanol–water partition coefficient (Wildman–Crippen LogP) is 4.50. The summed E-state index contributed by atoms with van der Waals surface area (Å²) in [5.41, 5.74) is -0.815. The lowest BCUT2D eigenvalue weighted by Crippen LogP contribution is -2.22. The summed E-state index contributed by atoms with van der Waals surface area (Å²) in [4.78, 5) is 24.9. The topological polar surface area (TPSA) is 48.3 Å². The van der Waals surface area contributed by atoms with Crippen molar-refractivity contribution in [1.82, 2.24) is 4.57 Å². The van der Waals surface area contributed by atoms with Crippen molar-refractivity contribution >= 4 is 22.6 Å². The van der Waals surface area contributed by atoms with Crippen LogP contribution in [0.4, 0.5) is 13.2 Å². The van der Waals surface area contributed by atoms with Crippen LogP contribution in [0.3, 0.4) is 0 Å². The Bertz CT molecular complexity index is 1150. The zero-order valence-corrected chi connectivity index (χ0v) is 15.1. The summed E-state index contributed by atoms with van der Waals surface area (Å²) in [6.45, 7) is 3.24. The van der Waals surface area contributed by atoms with Gasteiger partial charge in [-0.3, -0.25) is 4.79 Å². The number of halogens is 3. The minimum atomic E-state index is -1.70. The van der Waals surface area contributed by atoms with Crippen molar-refractivity contribution in [1.29, 1.82) is 0 Å². The zero-order chi connectivity index (χ0) is 20.4. The lowest BCUT2D eigenvalue weighted by Gasteiger charge is -2.17. The standard InChI is InChI=1S/C21H16F3NO3/c1-3-16(12-8-6-5-7-9-12)25-11-14(21(27)28-4-2)20(26)13-10-15(22)17(23)18(24)19(13)25/h3,5-11H,4H2,1-2H3/b16-3+. The number of carbonyl (C=O) groups excluding carboxylic acids is 1. The summed E-state index contributed by atoms with van der Waals surface area (Å²) in [6, 6.07) is 9.30. The van der Waals surface area contributed by atoms with Crippen LogP contribution in [0.25, 0.3) is 16.6 Å². The van der Waals surface area contributed by atoms with Gasteiger partial charge in [-0.05, 0) is 25.5 Å². The van der Waals surface area contributed by atoms with Gasteiger partial charge in [0.15, 0.2) is 17.5 Å². The number of esters is 1. The molecular formula is C21H16F3NO3. The average Bonchev–Trinajstić information content (AvgIpc) is 2.69. The molecule has 0 fully saturated rings. The van der Waals surface area contributed by atoms with Crippen LogP contribution in [0, 0.1) is 17.5 Å². The number of rotatable bonds is 4. The highest BCUT2D eigenvalue weighted by Crippen LogP contribution is 2.27. The van der Waals surface area contributed by atoms with Gasteiger partial charge < -0.3 is 9.30 Å². The summed E-state index contributed by atoms with van der Waals surface area (Å²) in [7, 11) is 0. The molecule has 144 valence electrons. The Morgan fingerprint density at radius 3 is 2.43 bits per heavy atom. The number of hydrogen-bond acceptors (Lipinski definition) is 3. The first-order chi connectivity index (χ1) is 13.4. The molecule has 0 atom stereocenters. The third kappa shape index (κ3) is 3.19.